The van der Waals surface area contributed by atoms with E-state index < -0.39 is 17.8 Å². The van der Waals surface area contributed by atoms with E-state index in [-0.39, 0.29) is 18.4 Å². The summed E-state index contributed by atoms with van der Waals surface area (Å²) in [5.74, 6) is -1.81. The molecule has 6 heteroatoms. The second-order valence-electron chi connectivity index (χ2n) is 7.02. The Hall–Kier alpha value is -2.37. The first kappa shape index (κ1) is 17.5. The Kier molecular flexibility index (Phi) is 5.36. The van der Waals surface area contributed by atoms with Crippen molar-refractivity contribution in [1.82, 2.24) is 10.2 Å². The highest BCUT2D eigenvalue weighted by atomic mass is 16.4. The summed E-state index contributed by atoms with van der Waals surface area (Å²) >= 11 is 0. The van der Waals surface area contributed by atoms with Crippen LogP contribution in [0.5, 0.6) is 0 Å². The van der Waals surface area contributed by atoms with Gasteiger partial charge in [0.2, 0.25) is 11.8 Å². The molecule has 0 radical (unpaired) electrons. The van der Waals surface area contributed by atoms with Crippen molar-refractivity contribution in [2.45, 2.75) is 25.7 Å². The number of amides is 2. The van der Waals surface area contributed by atoms with Crippen LogP contribution in [0.3, 0.4) is 0 Å². The van der Waals surface area contributed by atoms with Crippen molar-refractivity contribution in [1.29, 1.82) is 0 Å². The van der Waals surface area contributed by atoms with E-state index in [2.05, 4.69) is 17.4 Å². The second kappa shape index (κ2) is 7.68. The van der Waals surface area contributed by atoms with Crippen molar-refractivity contribution in [2.75, 3.05) is 19.6 Å². The summed E-state index contributed by atoms with van der Waals surface area (Å²) in [5, 5.41) is 11.4. The lowest BCUT2D eigenvalue weighted by molar-refractivity contribution is -0.140. The lowest BCUT2D eigenvalue weighted by Crippen LogP contribution is -2.44. The van der Waals surface area contributed by atoms with Crippen molar-refractivity contribution in [2.24, 2.45) is 17.8 Å². The first-order valence-electron chi connectivity index (χ1n) is 8.87. The number of piperidine rings is 1. The van der Waals surface area contributed by atoms with Crippen LogP contribution in [0.1, 0.15) is 24.8 Å². The summed E-state index contributed by atoms with van der Waals surface area (Å²) < 4.78 is 0. The topological polar surface area (TPSA) is 86.7 Å². The van der Waals surface area contributed by atoms with Crippen molar-refractivity contribution in [3.8, 4) is 0 Å². The number of carboxylic acids is 1. The molecule has 2 unspecified atom stereocenters. The number of nitrogens with zero attached hydrogens (tertiary/aromatic N) is 1. The van der Waals surface area contributed by atoms with Crippen LogP contribution in [0.15, 0.2) is 30.3 Å². The zero-order valence-corrected chi connectivity index (χ0v) is 14.2. The Morgan fingerprint density at radius 3 is 2.36 bits per heavy atom. The van der Waals surface area contributed by atoms with Gasteiger partial charge >= 0.3 is 5.97 Å². The van der Waals surface area contributed by atoms with Crippen LogP contribution < -0.4 is 5.32 Å². The molecule has 2 atom stereocenters. The number of hydrogen-bond donors (Lipinski definition) is 2. The van der Waals surface area contributed by atoms with Gasteiger partial charge in [-0.1, -0.05) is 30.3 Å². The highest BCUT2D eigenvalue weighted by Crippen LogP contribution is 2.38. The average molecular weight is 344 g/mol. The molecule has 2 fully saturated rings. The lowest BCUT2D eigenvalue weighted by atomic mass is 9.90. The maximum Gasteiger partial charge on any atom is 0.307 e. The molecule has 0 spiro atoms. The molecule has 1 saturated heterocycles. The molecule has 6 nitrogen and oxygen atoms in total. The van der Waals surface area contributed by atoms with Crippen molar-refractivity contribution >= 4 is 17.8 Å². The van der Waals surface area contributed by atoms with Gasteiger partial charge in [0.1, 0.15) is 0 Å². The third-order valence-electron chi connectivity index (χ3n) is 5.19. The van der Waals surface area contributed by atoms with Gasteiger partial charge in [0, 0.05) is 13.1 Å². The van der Waals surface area contributed by atoms with Crippen LogP contribution >= 0.6 is 0 Å². The van der Waals surface area contributed by atoms with Crippen LogP contribution in [-0.4, -0.2) is 47.4 Å². The van der Waals surface area contributed by atoms with Crippen LogP contribution in [-0.2, 0) is 20.8 Å². The molecule has 2 N–H and O–H groups in total. The SMILES string of the molecule is O=C(O)C1CC1C(=O)NCC(=O)N1CCC(Cc2ccccc2)CC1. The third kappa shape index (κ3) is 4.59. The summed E-state index contributed by atoms with van der Waals surface area (Å²) in [7, 11) is 0. The van der Waals surface area contributed by atoms with Crippen molar-refractivity contribution < 1.29 is 19.5 Å². The van der Waals surface area contributed by atoms with E-state index in [1.165, 1.54) is 5.56 Å². The first-order chi connectivity index (χ1) is 12.0. The predicted octanol–water partition coefficient (Wildman–Crippen LogP) is 1.30. The molecule has 1 heterocycles. The van der Waals surface area contributed by atoms with Gasteiger partial charge < -0.3 is 15.3 Å². The number of rotatable bonds is 6. The highest BCUT2D eigenvalue weighted by molar-refractivity contribution is 5.91. The number of carbonyl (C=O) groups is 3. The highest BCUT2D eigenvalue weighted by Gasteiger charge is 2.48. The van der Waals surface area contributed by atoms with Crippen molar-refractivity contribution in [3.63, 3.8) is 0 Å². The maximum atomic E-state index is 12.2. The van der Waals surface area contributed by atoms with Gasteiger partial charge in [-0.15, -0.1) is 0 Å². The van der Waals surface area contributed by atoms with E-state index in [9.17, 15) is 14.4 Å². The zero-order chi connectivity index (χ0) is 17.8. The van der Waals surface area contributed by atoms with E-state index in [1.54, 1.807) is 4.90 Å². The summed E-state index contributed by atoms with van der Waals surface area (Å²) in [4.78, 5) is 36.6. The van der Waals surface area contributed by atoms with E-state index in [0.717, 1.165) is 19.3 Å². The molecule has 2 aliphatic rings. The molecule has 134 valence electrons. The number of carbonyl (C=O) groups excluding carboxylic acids is 2. The molecule has 1 aromatic carbocycles. The van der Waals surface area contributed by atoms with Crippen LogP contribution in [0, 0.1) is 17.8 Å². The summed E-state index contributed by atoms with van der Waals surface area (Å²) in [6.07, 6.45) is 3.36. The largest absolute Gasteiger partial charge is 0.481 e. The van der Waals surface area contributed by atoms with Gasteiger partial charge in [-0.05, 0) is 37.2 Å². The van der Waals surface area contributed by atoms with Gasteiger partial charge in [-0.3, -0.25) is 14.4 Å². The Bertz CT molecular complexity index is 638. The number of likely N-dealkylation sites (tertiary alicyclic amines) is 1. The van der Waals surface area contributed by atoms with E-state index in [4.69, 9.17) is 5.11 Å². The standard InChI is InChI=1S/C19H24N2O4/c22-17(12-20-18(23)15-11-16(15)19(24)25)21-8-6-14(7-9-21)10-13-4-2-1-3-5-13/h1-5,14-16H,6-12H2,(H,20,23)(H,24,25). The number of benzene rings is 1. The first-order valence-corrected chi connectivity index (χ1v) is 8.87. The fourth-order valence-electron chi connectivity index (χ4n) is 3.50. The third-order valence-corrected chi connectivity index (χ3v) is 5.19. The lowest BCUT2D eigenvalue weighted by Gasteiger charge is -2.32. The van der Waals surface area contributed by atoms with Crippen LogP contribution in [0.2, 0.25) is 0 Å². The van der Waals surface area contributed by atoms with Crippen molar-refractivity contribution in [3.05, 3.63) is 35.9 Å². The van der Waals surface area contributed by atoms with Gasteiger partial charge in [0.05, 0.1) is 18.4 Å². The Labute approximate surface area is 147 Å². The smallest absolute Gasteiger partial charge is 0.307 e. The molecule has 2 amide bonds. The minimum Gasteiger partial charge on any atom is -0.481 e. The molecular weight excluding hydrogens is 320 g/mol. The number of aliphatic carboxylic acids is 1. The van der Waals surface area contributed by atoms with Gasteiger partial charge in [-0.2, -0.15) is 0 Å². The van der Waals surface area contributed by atoms with E-state index in [0.29, 0.717) is 25.4 Å². The molecule has 1 aliphatic heterocycles. The molecular formula is C19H24N2O4. The van der Waals surface area contributed by atoms with Gasteiger partial charge in [0.15, 0.2) is 0 Å². The molecule has 1 aliphatic carbocycles. The fourth-order valence-corrected chi connectivity index (χ4v) is 3.50. The Balaban J connectivity index is 1.37. The number of hydrogen-bond acceptors (Lipinski definition) is 3. The van der Waals surface area contributed by atoms with Gasteiger partial charge in [0.25, 0.3) is 0 Å². The monoisotopic (exact) mass is 344 g/mol. The summed E-state index contributed by atoms with van der Waals surface area (Å²) in [6, 6.07) is 10.4. The maximum absolute atomic E-state index is 12.2. The minimum atomic E-state index is -0.938. The predicted molar refractivity (Wildman–Crippen MR) is 91.7 cm³/mol. The Morgan fingerprint density at radius 2 is 1.76 bits per heavy atom. The van der Waals surface area contributed by atoms with E-state index >= 15 is 0 Å². The van der Waals surface area contributed by atoms with Crippen LogP contribution in [0.25, 0.3) is 0 Å². The molecule has 1 aromatic rings. The summed E-state index contributed by atoms with van der Waals surface area (Å²) in [5.41, 5.74) is 1.33. The molecule has 25 heavy (non-hydrogen) atoms. The van der Waals surface area contributed by atoms with E-state index in [1.807, 2.05) is 18.2 Å². The fraction of sp³-hybridized carbons (Fsp3) is 0.526. The zero-order valence-electron chi connectivity index (χ0n) is 14.2. The Morgan fingerprint density at radius 1 is 1.08 bits per heavy atom. The summed E-state index contributed by atoms with van der Waals surface area (Å²) in [6.45, 7) is 1.39. The average Bonchev–Trinajstić information content (AvgIpc) is 3.42. The van der Waals surface area contributed by atoms with Gasteiger partial charge in [-0.25, -0.2) is 0 Å². The molecule has 1 saturated carbocycles. The number of carboxylic acid groups (broad SMARTS) is 1. The minimum absolute atomic E-state index is 0.0367. The molecule has 0 aromatic heterocycles. The molecule has 0 bridgehead atoms. The second-order valence-corrected chi connectivity index (χ2v) is 7.02. The number of nitrogens with one attached hydrogen (secondary N) is 1. The molecule has 3 rings (SSSR count). The quantitative estimate of drug-likeness (QED) is 0.814. The normalized spacial score (nSPS) is 23.1. The van der Waals surface area contributed by atoms with Crippen LogP contribution in [0.4, 0.5) is 0 Å².